The number of methoxy groups -OCH3 is 1. The molecule has 12 heteroatoms. The third-order valence-electron chi connectivity index (χ3n) is 4.79. The lowest BCUT2D eigenvalue weighted by atomic mass is 10.1. The van der Waals surface area contributed by atoms with E-state index in [2.05, 4.69) is 10.3 Å². The van der Waals surface area contributed by atoms with Crippen LogP contribution in [-0.4, -0.2) is 52.8 Å². The molecule has 0 saturated carbocycles. The van der Waals surface area contributed by atoms with Crippen molar-refractivity contribution in [3.05, 3.63) is 52.3 Å². The molecule has 1 N–H and O–H groups in total. The number of nitrogens with zero attached hydrogens (tertiary/aromatic N) is 2. The van der Waals surface area contributed by atoms with Gasteiger partial charge in [0.15, 0.2) is 30.1 Å². The van der Waals surface area contributed by atoms with Crippen LogP contribution in [0.5, 0.6) is 5.75 Å². The lowest BCUT2D eigenvalue weighted by molar-refractivity contribution is -0.165. The van der Waals surface area contributed by atoms with Crippen molar-refractivity contribution in [3.8, 4) is 5.75 Å². The second-order valence-corrected chi connectivity index (χ2v) is 7.16. The number of nitrogens with one attached hydrogen (secondary N) is 1. The molecule has 0 aliphatic carbocycles. The Balaban J connectivity index is 1.91. The van der Waals surface area contributed by atoms with E-state index in [0.29, 0.717) is 0 Å². The lowest BCUT2D eigenvalue weighted by Gasteiger charge is -2.23. The molecule has 0 bridgehead atoms. The van der Waals surface area contributed by atoms with Crippen LogP contribution in [0.2, 0.25) is 0 Å². The maximum Gasteiger partial charge on any atom is 0.351 e. The van der Waals surface area contributed by atoms with E-state index in [1.807, 2.05) is 0 Å². The maximum absolute atomic E-state index is 14.8. The Morgan fingerprint density at radius 1 is 1.12 bits per heavy atom. The van der Waals surface area contributed by atoms with Gasteiger partial charge in [-0.1, -0.05) is 12.1 Å². The first-order chi connectivity index (χ1) is 15.6. The predicted octanol–water partition coefficient (Wildman–Crippen LogP) is 1.42. The minimum absolute atomic E-state index is 0.109. The fourth-order valence-electron chi connectivity index (χ4n) is 3.42. The number of hydrogen-bond acceptors (Lipinski definition) is 9. The summed E-state index contributed by atoms with van der Waals surface area (Å²) < 4.78 is 36.7. The number of halogens is 1. The fraction of sp³-hybridized carbons (Fsp3) is 0.381. The van der Waals surface area contributed by atoms with Crippen molar-refractivity contribution in [2.45, 2.75) is 45.3 Å². The Kier molecular flexibility index (Phi) is 7.07. The summed E-state index contributed by atoms with van der Waals surface area (Å²) in [5.41, 5.74) is -0.887. The van der Waals surface area contributed by atoms with E-state index in [0.717, 1.165) is 24.6 Å². The van der Waals surface area contributed by atoms with E-state index < -0.39 is 59.7 Å². The summed E-state index contributed by atoms with van der Waals surface area (Å²) >= 11 is 0. The van der Waals surface area contributed by atoms with Gasteiger partial charge >= 0.3 is 17.6 Å². The van der Waals surface area contributed by atoms with Gasteiger partial charge in [0.25, 0.3) is 5.91 Å². The van der Waals surface area contributed by atoms with E-state index in [1.54, 1.807) is 25.1 Å². The van der Waals surface area contributed by atoms with E-state index in [9.17, 15) is 23.6 Å². The first-order valence-electron chi connectivity index (χ1n) is 9.85. The van der Waals surface area contributed by atoms with Crippen LogP contribution < -0.4 is 15.7 Å². The van der Waals surface area contributed by atoms with E-state index in [4.69, 9.17) is 18.9 Å². The average Bonchev–Trinajstić information content (AvgIpc) is 3.04. The number of rotatable bonds is 6. The molecule has 2 aromatic rings. The molecule has 0 unspecified atom stereocenters. The largest absolute Gasteiger partial charge is 0.496 e. The Labute approximate surface area is 187 Å². The normalized spacial score (nSPS) is 21.8. The molecule has 1 fully saturated rings. The highest BCUT2D eigenvalue weighted by Crippen LogP contribution is 2.33. The molecule has 0 spiro atoms. The number of para-hydroxylation sites is 1. The smallest absolute Gasteiger partial charge is 0.351 e. The van der Waals surface area contributed by atoms with Gasteiger partial charge in [0, 0.05) is 13.8 Å². The van der Waals surface area contributed by atoms with Crippen molar-refractivity contribution in [3.63, 3.8) is 0 Å². The summed E-state index contributed by atoms with van der Waals surface area (Å²) in [5, 5.41) is 2.23. The molecule has 1 aromatic carbocycles. The number of aromatic nitrogens is 2. The Hall–Kier alpha value is -3.80. The number of ether oxygens (including phenoxy) is 4. The number of carbonyl (C=O) groups is 3. The van der Waals surface area contributed by atoms with E-state index in [-0.39, 0.29) is 11.3 Å². The Morgan fingerprint density at radius 2 is 1.76 bits per heavy atom. The molecule has 1 amide bonds. The number of anilines is 1. The zero-order valence-electron chi connectivity index (χ0n) is 18.2. The van der Waals surface area contributed by atoms with Gasteiger partial charge in [-0.2, -0.15) is 4.98 Å². The molecule has 3 rings (SSSR count). The summed E-state index contributed by atoms with van der Waals surface area (Å²) in [6.07, 6.45) is -3.59. The van der Waals surface area contributed by atoms with Crippen molar-refractivity contribution in [2.24, 2.45) is 0 Å². The van der Waals surface area contributed by atoms with Gasteiger partial charge in [0.05, 0.1) is 25.0 Å². The zero-order chi connectivity index (χ0) is 24.3. The molecular formula is C21H22FN3O8. The SMILES string of the molecule is COc1ccccc1C(=O)Nc1nc(=O)n([C@@H]2O[C@H](C)[C@@H](OC(C)=O)[C@H]2OC(C)=O)cc1F. The molecule has 4 atom stereocenters. The third kappa shape index (κ3) is 5.17. The van der Waals surface area contributed by atoms with Crippen LogP contribution in [0, 0.1) is 5.82 Å². The van der Waals surface area contributed by atoms with Crippen molar-refractivity contribution in [1.82, 2.24) is 9.55 Å². The van der Waals surface area contributed by atoms with Gasteiger partial charge in [0.2, 0.25) is 0 Å². The Bertz CT molecular complexity index is 1130. The minimum Gasteiger partial charge on any atom is -0.496 e. The molecule has 33 heavy (non-hydrogen) atoms. The van der Waals surface area contributed by atoms with Crippen LogP contribution in [0.25, 0.3) is 0 Å². The molecule has 1 saturated heterocycles. The molecule has 1 aliphatic heterocycles. The second-order valence-electron chi connectivity index (χ2n) is 7.16. The number of carbonyl (C=O) groups excluding carboxylic acids is 3. The van der Waals surface area contributed by atoms with Crippen LogP contribution >= 0.6 is 0 Å². The van der Waals surface area contributed by atoms with Gasteiger partial charge in [-0.05, 0) is 19.1 Å². The quantitative estimate of drug-likeness (QED) is 0.631. The van der Waals surface area contributed by atoms with E-state index >= 15 is 0 Å². The molecule has 0 radical (unpaired) electrons. The number of benzene rings is 1. The molecule has 1 aromatic heterocycles. The average molecular weight is 463 g/mol. The topological polar surface area (TPSA) is 135 Å². The minimum atomic E-state index is -1.32. The highest BCUT2D eigenvalue weighted by atomic mass is 19.1. The second kappa shape index (κ2) is 9.77. The molecule has 176 valence electrons. The summed E-state index contributed by atoms with van der Waals surface area (Å²) in [7, 11) is 1.37. The van der Waals surface area contributed by atoms with Gasteiger partial charge in [-0.15, -0.1) is 0 Å². The summed E-state index contributed by atoms with van der Waals surface area (Å²) in [6, 6.07) is 6.25. The van der Waals surface area contributed by atoms with Crippen LogP contribution in [0.3, 0.4) is 0 Å². The van der Waals surface area contributed by atoms with E-state index in [1.165, 1.54) is 13.2 Å². The first-order valence-corrected chi connectivity index (χ1v) is 9.85. The summed E-state index contributed by atoms with van der Waals surface area (Å²) in [4.78, 5) is 51.8. The summed E-state index contributed by atoms with van der Waals surface area (Å²) in [6.45, 7) is 3.83. The van der Waals surface area contributed by atoms with Crippen molar-refractivity contribution in [1.29, 1.82) is 0 Å². The standard InChI is InChI=1S/C21H22FN3O8/c1-10-16(32-11(2)26)17(33-12(3)27)20(31-10)25-9-14(22)18(24-21(25)29)23-19(28)13-7-5-6-8-15(13)30-4/h5-10,16-17,20H,1-4H3,(H,23,24,28,29)/t10-,16-,17-,20-/m1/s1. The van der Waals surface area contributed by atoms with Gasteiger partial charge in [-0.25, -0.2) is 9.18 Å². The highest BCUT2D eigenvalue weighted by molar-refractivity contribution is 6.05. The zero-order valence-corrected chi connectivity index (χ0v) is 18.2. The van der Waals surface area contributed by atoms with Crippen LogP contribution in [0.15, 0.2) is 35.3 Å². The van der Waals surface area contributed by atoms with Crippen molar-refractivity contribution in [2.75, 3.05) is 12.4 Å². The Morgan fingerprint density at radius 3 is 2.39 bits per heavy atom. The summed E-state index contributed by atoms with van der Waals surface area (Å²) in [5.74, 6) is -3.53. The molecule has 2 heterocycles. The van der Waals surface area contributed by atoms with Crippen molar-refractivity contribution >= 4 is 23.7 Å². The highest BCUT2D eigenvalue weighted by Gasteiger charge is 2.48. The van der Waals surface area contributed by atoms with Crippen LogP contribution in [0.4, 0.5) is 10.2 Å². The first kappa shape index (κ1) is 23.9. The lowest BCUT2D eigenvalue weighted by Crippen LogP contribution is -2.40. The fourth-order valence-corrected chi connectivity index (χ4v) is 3.42. The van der Waals surface area contributed by atoms with Gasteiger partial charge in [0.1, 0.15) is 5.75 Å². The molecule has 1 aliphatic rings. The molecule has 11 nitrogen and oxygen atoms in total. The number of esters is 2. The third-order valence-corrected chi connectivity index (χ3v) is 4.79. The maximum atomic E-state index is 14.8. The monoisotopic (exact) mass is 463 g/mol. The number of amides is 1. The van der Waals surface area contributed by atoms with Crippen molar-refractivity contribution < 1.29 is 37.7 Å². The molecular weight excluding hydrogens is 441 g/mol. The predicted molar refractivity (Wildman–Crippen MR) is 110 cm³/mol. The van der Waals surface area contributed by atoms with Crippen LogP contribution in [0.1, 0.15) is 37.4 Å². The van der Waals surface area contributed by atoms with Gasteiger partial charge < -0.3 is 24.3 Å². The number of hydrogen-bond donors (Lipinski definition) is 1. The van der Waals surface area contributed by atoms with Crippen LogP contribution in [-0.2, 0) is 23.8 Å². The van der Waals surface area contributed by atoms with Gasteiger partial charge in [-0.3, -0.25) is 19.0 Å².